The Morgan fingerprint density at radius 1 is 1.40 bits per heavy atom. The van der Waals surface area contributed by atoms with Crippen LogP contribution in [0.2, 0.25) is 0 Å². The van der Waals surface area contributed by atoms with Crippen LogP contribution in [-0.4, -0.2) is 8.76 Å². The lowest BCUT2D eigenvalue weighted by molar-refractivity contribution is 0.564. The zero-order valence-electron chi connectivity index (χ0n) is 4.95. The van der Waals surface area contributed by atoms with Crippen molar-refractivity contribution >= 4 is 27.0 Å². The molecule has 0 amide bonds. The van der Waals surface area contributed by atoms with Crippen LogP contribution in [0.5, 0.6) is 0 Å². The van der Waals surface area contributed by atoms with Gasteiger partial charge in [-0.25, -0.2) is 4.21 Å². The first-order valence-corrected chi connectivity index (χ1v) is 4.47. The summed E-state index contributed by atoms with van der Waals surface area (Å²) in [5.74, 6) is 0. The molecular weight excluding hydrogens is 216 g/mol. The van der Waals surface area contributed by atoms with E-state index in [4.69, 9.17) is 4.55 Å². The van der Waals surface area contributed by atoms with Crippen molar-refractivity contribution < 1.29 is 8.76 Å². The van der Waals surface area contributed by atoms with Crippen LogP contribution in [-0.2, 0) is 11.1 Å². The Bertz CT molecular complexity index is 262. The van der Waals surface area contributed by atoms with E-state index in [1.165, 1.54) is 0 Å². The van der Waals surface area contributed by atoms with Crippen LogP contribution in [0.4, 0.5) is 0 Å². The van der Waals surface area contributed by atoms with Crippen molar-refractivity contribution in [2.75, 3.05) is 0 Å². The molecule has 1 unspecified atom stereocenters. The van der Waals surface area contributed by atoms with E-state index in [2.05, 4.69) is 15.9 Å². The maximum absolute atomic E-state index is 10.5. The zero-order valence-corrected chi connectivity index (χ0v) is 7.35. The first-order chi connectivity index (χ1) is 4.72. The summed E-state index contributed by atoms with van der Waals surface area (Å²) in [7, 11) is 0. The first-order valence-electron chi connectivity index (χ1n) is 2.57. The molecular formula is C6H5BrO2S. The summed E-state index contributed by atoms with van der Waals surface area (Å²) in [4.78, 5) is 0.405. The highest BCUT2D eigenvalue weighted by atomic mass is 79.9. The number of hydrogen-bond acceptors (Lipinski definition) is 1. The maximum atomic E-state index is 10.5. The second-order valence-electron chi connectivity index (χ2n) is 1.68. The summed E-state index contributed by atoms with van der Waals surface area (Å²) in [5.41, 5.74) is 0. The van der Waals surface area contributed by atoms with Crippen molar-refractivity contribution in [3.8, 4) is 0 Å². The molecule has 1 aromatic rings. The first kappa shape index (κ1) is 7.91. The van der Waals surface area contributed by atoms with Gasteiger partial charge in [0.1, 0.15) is 0 Å². The molecule has 2 nitrogen and oxygen atoms in total. The van der Waals surface area contributed by atoms with Gasteiger partial charge in [-0.2, -0.15) is 0 Å². The van der Waals surface area contributed by atoms with Crippen molar-refractivity contribution in [2.45, 2.75) is 4.90 Å². The predicted molar refractivity (Wildman–Crippen MR) is 43.2 cm³/mol. The molecule has 0 fully saturated rings. The lowest BCUT2D eigenvalue weighted by Crippen LogP contribution is -1.87. The average molecular weight is 221 g/mol. The maximum Gasteiger partial charge on any atom is 0.187 e. The number of rotatable bonds is 1. The summed E-state index contributed by atoms with van der Waals surface area (Å²) in [5, 5.41) is 0. The third-order valence-corrected chi connectivity index (χ3v) is 2.71. The quantitative estimate of drug-likeness (QED) is 0.736. The van der Waals surface area contributed by atoms with Gasteiger partial charge in [-0.05, 0) is 28.1 Å². The second-order valence-corrected chi connectivity index (χ2v) is 3.47. The highest BCUT2D eigenvalue weighted by molar-refractivity contribution is 9.10. The monoisotopic (exact) mass is 220 g/mol. The number of hydrogen-bond donors (Lipinski definition) is 1. The van der Waals surface area contributed by atoms with Crippen molar-refractivity contribution in [3.05, 3.63) is 28.7 Å². The minimum atomic E-state index is -1.89. The molecule has 1 rings (SSSR count). The Hall–Kier alpha value is -0.190. The van der Waals surface area contributed by atoms with Crippen molar-refractivity contribution in [1.82, 2.24) is 0 Å². The van der Waals surface area contributed by atoms with E-state index in [-0.39, 0.29) is 0 Å². The average Bonchev–Trinajstić information content (AvgIpc) is 1.88. The minimum Gasteiger partial charge on any atom is -0.302 e. The van der Waals surface area contributed by atoms with E-state index in [0.29, 0.717) is 9.37 Å². The smallest absolute Gasteiger partial charge is 0.187 e. The van der Waals surface area contributed by atoms with Crippen LogP contribution in [0.3, 0.4) is 0 Å². The Balaban J connectivity index is 3.15. The molecule has 1 N–H and O–H groups in total. The molecule has 4 heteroatoms. The largest absolute Gasteiger partial charge is 0.302 e. The van der Waals surface area contributed by atoms with Crippen molar-refractivity contribution in [3.63, 3.8) is 0 Å². The van der Waals surface area contributed by atoms with E-state index in [1.54, 1.807) is 24.3 Å². The fourth-order valence-electron chi connectivity index (χ4n) is 0.586. The Morgan fingerprint density at radius 3 is 2.40 bits per heavy atom. The lowest BCUT2D eigenvalue weighted by Gasteiger charge is -1.95. The molecule has 10 heavy (non-hydrogen) atoms. The fourth-order valence-corrected chi connectivity index (χ4v) is 1.72. The normalized spacial score (nSPS) is 13.0. The van der Waals surface area contributed by atoms with E-state index in [1.807, 2.05) is 0 Å². The molecule has 0 aliphatic carbocycles. The Morgan fingerprint density at radius 2 is 2.00 bits per heavy atom. The summed E-state index contributed by atoms with van der Waals surface area (Å²) < 4.78 is 19.8. The van der Waals surface area contributed by atoms with Crippen molar-refractivity contribution in [1.29, 1.82) is 0 Å². The topological polar surface area (TPSA) is 37.3 Å². The van der Waals surface area contributed by atoms with Gasteiger partial charge in [0.15, 0.2) is 11.1 Å². The minimum absolute atomic E-state index is 0.405. The molecule has 0 heterocycles. The molecule has 0 bridgehead atoms. The Kier molecular flexibility index (Phi) is 2.59. The zero-order chi connectivity index (χ0) is 7.56. The number of benzene rings is 1. The molecule has 0 saturated heterocycles. The standard InChI is InChI=1S/C6H5BrO2S/c7-5-3-1-2-4-6(5)10(8)9/h1-4H,(H,8,9). The third-order valence-electron chi connectivity index (χ3n) is 1.02. The van der Waals surface area contributed by atoms with Gasteiger partial charge in [0.25, 0.3) is 0 Å². The van der Waals surface area contributed by atoms with Crippen LogP contribution in [0.15, 0.2) is 33.6 Å². The molecule has 1 aromatic carbocycles. The summed E-state index contributed by atoms with van der Waals surface area (Å²) in [6.07, 6.45) is 0. The summed E-state index contributed by atoms with van der Waals surface area (Å²) in [6, 6.07) is 6.83. The fraction of sp³-hybridized carbons (Fsp3) is 0. The predicted octanol–water partition coefficient (Wildman–Crippen LogP) is 2.03. The van der Waals surface area contributed by atoms with Gasteiger partial charge >= 0.3 is 0 Å². The number of halogens is 1. The molecule has 0 aliphatic rings. The van der Waals surface area contributed by atoms with E-state index in [0.717, 1.165) is 0 Å². The van der Waals surface area contributed by atoms with Gasteiger partial charge in [-0.15, -0.1) is 0 Å². The third kappa shape index (κ3) is 1.65. The molecule has 0 saturated carbocycles. The van der Waals surface area contributed by atoms with Gasteiger partial charge in [-0.3, -0.25) is 0 Å². The highest BCUT2D eigenvalue weighted by Gasteiger charge is 2.01. The molecule has 0 aromatic heterocycles. The second kappa shape index (κ2) is 3.27. The van der Waals surface area contributed by atoms with E-state index in [9.17, 15) is 4.21 Å². The van der Waals surface area contributed by atoms with E-state index < -0.39 is 11.1 Å². The lowest BCUT2D eigenvalue weighted by atomic mass is 10.4. The molecule has 0 aliphatic heterocycles. The van der Waals surface area contributed by atoms with E-state index >= 15 is 0 Å². The van der Waals surface area contributed by atoms with Gasteiger partial charge in [0.05, 0.1) is 4.90 Å². The van der Waals surface area contributed by atoms with Crippen LogP contribution < -0.4 is 0 Å². The molecule has 0 radical (unpaired) electrons. The van der Waals surface area contributed by atoms with Crippen LogP contribution in [0.25, 0.3) is 0 Å². The molecule has 54 valence electrons. The van der Waals surface area contributed by atoms with Gasteiger partial charge in [0, 0.05) is 4.47 Å². The SMILES string of the molecule is O=S(O)c1ccccc1Br. The van der Waals surface area contributed by atoms with Crippen LogP contribution in [0, 0.1) is 0 Å². The molecule has 1 atom stereocenters. The summed E-state index contributed by atoms with van der Waals surface area (Å²) >= 11 is 1.26. The van der Waals surface area contributed by atoms with Crippen molar-refractivity contribution in [2.24, 2.45) is 0 Å². The van der Waals surface area contributed by atoms with Gasteiger partial charge in [0.2, 0.25) is 0 Å². The van der Waals surface area contributed by atoms with Gasteiger partial charge in [-0.1, -0.05) is 12.1 Å². The molecule has 0 spiro atoms. The van der Waals surface area contributed by atoms with Gasteiger partial charge < -0.3 is 4.55 Å². The highest BCUT2D eigenvalue weighted by Crippen LogP contribution is 2.17. The van der Waals surface area contributed by atoms with Crippen LogP contribution >= 0.6 is 15.9 Å². The Labute approximate surface area is 69.7 Å². The summed E-state index contributed by atoms with van der Waals surface area (Å²) in [6.45, 7) is 0. The van der Waals surface area contributed by atoms with Crippen LogP contribution in [0.1, 0.15) is 0 Å².